The second kappa shape index (κ2) is 5.18. The van der Waals surface area contributed by atoms with Crippen molar-refractivity contribution in [2.45, 2.75) is 46.4 Å². The zero-order chi connectivity index (χ0) is 13.1. The van der Waals surface area contributed by atoms with Crippen LogP contribution in [-0.4, -0.2) is 21.8 Å². The number of aryl methyl sites for hydroxylation is 1. The van der Waals surface area contributed by atoms with Crippen molar-refractivity contribution in [3.05, 3.63) is 17.3 Å². The van der Waals surface area contributed by atoms with E-state index in [0.717, 1.165) is 0 Å². The topological polar surface area (TPSA) is 84.6 Å². The van der Waals surface area contributed by atoms with E-state index in [4.69, 9.17) is 14.3 Å². The number of aromatic nitrogens is 1. The summed E-state index contributed by atoms with van der Waals surface area (Å²) in [5.41, 5.74) is 0.0841. The Balaban J connectivity index is 2.47. The number of aliphatic hydroxyl groups is 1. The van der Waals surface area contributed by atoms with Crippen molar-refractivity contribution in [2.24, 2.45) is 0 Å². The number of hydrogen-bond acceptors (Lipinski definition) is 5. The molecule has 0 fully saturated rings. The summed E-state index contributed by atoms with van der Waals surface area (Å²) in [4.78, 5) is 15.4. The Kier molecular flexibility index (Phi) is 4.11. The minimum Gasteiger partial charge on any atom is -0.444 e. The van der Waals surface area contributed by atoms with Crippen molar-refractivity contribution >= 4 is 6.09 Å². The molecule has 0 atom stereocenters. The maximum absolute atomic E-state index is 11.3. The Morgan fingerprint density at radius 2 is 2.18 bits per heavy atom. The zero-order valence-corrected chi connectivity index (χ0v) is 10.5. The Morgan fingerprint density at radius 1 is 1.53 bits per heavy atom. The average Bonchev–Trinajstić information content (AvgIpc) is 2.53. The Bertz CT molecular complexity index is 393. The van der Waals surface area contributed by atoms with E-state index in [-0.39, 0.29) is 13.2 Å². The summed E-state index contributed by atoms with van der Waals surface area (Å²) in [6.45, 7) is 7.01. The minimum atomic E-state index is -0.535. The van der Waals surface area contributed by atoms with Crippen LogP contribution in [0, 0.1) is 6.92 Å². The summed E-state index contributed by atoms with van der Waals surface area (Å²) in [7, 11) is 0. The fraction of sp³-hybridized carbons (Fsp3) is 0.636. The molecule has 0 bridgehead atoms. The molecule has 0 saturated heterocycles. The van der Waals surface area contributed by atoms with E-state index in [1.807, 2.05) is 0 Å². The quantitative estimate of drug-likeness (QED) is 0.839. The summed E-state index contributed by atoms with van der Waals surface area (Å²) >= 11 is 0. The van der Waals surface area contributed by atoms with E-state index in [0.29, 0.717) is 17.3 Å². The van der Waals surface area contributed by atoms with Crippen molar-refractivity contribution in [2.75, 3.05) is 0 Å². The molecule has 1 aromatic heterocycles. The van der Waals surface area contributed by atoms with Gasteiger partial charge in [-0.3, -0.25) is 0 Å². The number of hydrogen-bond donors (Lipinski definition) is 2. The van der Waals surface area contributed by atoms with Crippen molar-refractivity contribution in [3.63, 3.8) is 0 Å². The molecule has 0 saturated carbocycles. The molecule has 1 rings (SSSR count). The van der Waals surface area contributed by atoms with Crippen LogP contribution in [0.4, 0.5) is 4.79 Å². The third-order valence-electron chi connectivity index (χ3n) is 1.86. The highest BCUT2D eigenvalue weighted by molar-refractivity contribution is 5.67. The summed E-state index contributed by atoms with van der Waals surface area (Å²) < 4.78 is 10.3. The summed E-state index contributed by atoms with van der Waals surface area (Å²) in [5.74, 6) is 0.753. The standard InChI is InChI=1S/C11H18N2O4/c1-7-8(6-14)16-9(13-7)5-12-10(15)17-11(2,3)4/h14H,5-6H2,1-4H3,(H,12,15). The van der Waals surface area contributed by atoms with Gasteiger partial charge in [0.1, 0.15) is 12.2 Å². The highest BCUT2D eigenvalue weighted by atomic mass is 16.6. The molecule has 17 heavy (non-hydrogen) atoms. The first-order chi connectivity index (χ1) is 7.81. The van der Waals surface area contributed by atoms with Crippen LogP contribution in [-0.2, 0) is 17.9 Å². The second-order valence-electron chi connectivity index (χ2n) is 4.63. The fourth-order valence-corrected chi connectivity index (χ4v) is 1.17. The van der Waals surface area contributed by atoms with E-state index in [9.17, 15) is 4.79 Å². The van der Waals surface area contributed by atoms with Gasteiger partial charge in [0.2, 0.25) is 5.89 Å². The second-order valence-corrected chi connectivity index (χ2v) is 4.63. The molecule has 96 valence electrons. The normalized spacial score (nSPS) is 11.4. The lowest BCUT2D eigenvalue weighted by atomic mass is 10.2. The third-order valence-corrected chi connectivity index (χ3v) is 1.86. The molecule has 0 spiro atoms. The van der Waals surface area contributed by atoms with Gasteiger partial charge in [0.05, 0.1) is 12.2 Å². The van der Waals surface area contributed by atoms with Crippen LogP contribution in [0.1, 0.15) is 38.1 Å². The van der Waals surface area contributed by atoms with Crippen LogP contribution in [0.5, 0.6) is 0 Å². The average molecular weight is 242 g/mol. The number of nitrogens with one attached hydrogen (secondary N) is 1. The number of carbonyl (C=O) groups is 1. The fourth-order valence-electron chi connectivity index (χ4n) is 1.17. The lowest BCUT2D eigenvalue weighted by Gasteiger charge is -2.19. The van der Waals surface area contributed by atoms with E-state index in [2.05, 4.69) is 10.3 Å². The molecule has 6 nitrogen and oxygen atoms in total. The van der Waals surface area contributed by atoms with Gasteiger partial charge in [0.25, 0.3) is 0 Å². The van der Waals surface area contributed by atoms with Crippen LogP contribution in [0.25, 0.3) is 0 Å². The predicted molar refractivity (Wildman–Crippen MR) is 60.2 cm³/mol. The molecule has 0 radical (unpaired) electrons. The van der Waals surface area contributed by atoms with Gasteiger partial charge in [0, 0.05) is 0 Å². The van der Waals surface area contributed by atoms with E-state index in [1.165, 1.54) is 0 Å². The van der Waals surface area contributed by atoms with E-state index < -0.39 is 11.7 Å². The molecule has 2 N–H and O–H groups in total. The number of oxazole rings is 1. The largest absolute Gasteiger partial charge is 0.444 e. The molecule has 1 aromatic rings. The van der Waals surface area contributed by atoms with E-state index >= 15 is 0 Å². The van der Waals surface area contributed by atoms with Crippen molar-refractivity contribution in [1.82, 2.24) is 10.3 Å². The molecular weight excluding hydrogens is 224 g/mol. The molecule has 0 aliphatic rings. The van der Waals surface area contributed by atoms with Crippen molar-refractivity contribution in [1.29, 1.82) is 0 Å². The number of aliphatic hydroxyl groups excluding tert-OH is 1. The first-order valence-corrected chi connectivity index (χ1v) is 5.34. The molecule has 1 heterocycles. The van der Waals surface area contributed by atoms with Gasteiger partial charge < -0.3 is 19.6 Å². The van der Waals surface area contributed by atoms with Gasteiger partial charge in [0.15, 0.2) is 5.76 Å². The van der Waals surface area contributed by atoms with Crippen LogP contribution in [0.2, 0.25) is 0 Å². The smallest absolute Gasteiger partial charge is 0.408 e. The Hall–Kier alpha value is -1.56. The molecule has 0 aromatic carbocycles. The highest BCUT2D eigenvalue weighted by Crippen LogP contribution is 2.10. The SMILES string of the molecule is Cc1nc(CNC(=O)OC(C)(C)C)oc1CO. The third kappa shape index (κ3) is 4.44. The van der Waals surface area contributed by atoms with Crippen LogP contribution >= 0.6 is 0 Å². The summed E-state index contributed by atoms with van der Waals surface area (Å²) in [6, 6.07) is 0. The molecule has 6 heteroatoms. The van der Waals surface area contributed by atoms with Gasteiger partial charge in [-0.25, -0.2) is 9.78 Å². The maximum Gasteiger partial charge on any atom is 0.408 e. The number of ether oxygens (including phenoxy) is 1. The Morgan fingerprint density at radius 3 is 2.65 bits per heavy atom. The number of alkyl carbamates (subject to hydrolysis) is 1. The first kappa shape index (κ1) is 13.5. The Labute approximate surface area is 100.0 Å². The monoisotopic (exact) mass is 242 g/mol. The van der Waals surface area contributed by atoms with Gasteiger partial charge >= 0.3 is 6.09 Å². The highest BCUT2D eigenvalue weighted by Gasteiger charge is 2.16. The first-order valence-electron chi connectivity index (χ1n) is 5.34. The molecule has 0 unspecified atom stereocenters. The van der Waals surface area contributed by atoms with Gasteiger partial charge in [-0.2, -0.15) is 0 Å². The maximum atomic E-state index is 11.3. The number of amides is 1. The van der Waals surface area contributed by atoms with Crippen LogP contribution in [0.3, 0.4) is 0 Å². The zero-order valence-electron chi connectivity index (χ0n) is 10.5. The number of nitrogens with zero attached hydrogens (tertiary/aromatic N) is 1. The van der Waals surface area contributed by atoms with Crippen LogP contribution < -0.4 is 5.32 Å². The summed E-state index contributed by atoms with van der Waals surface area (Å²) in [5, 5.41) is 11.4. The molecule has 0 aliphatic heterocycles. The van der Waals surface area contributed by atoms with Crippen molar-refractivity contribution < 1.29 is 19.1 Å². The van der Waals surface area contributed by atoms with E-state index in [1.54, 1.807) is 27.7 Å². The lowest BCUT2D eigenvalue weighted by Crippen LogP contribution is -2.32. The number of rotatable bonds is 3. The summed E-state index contributed by atoms with van der Waals surface area (Å²) in [6.07, 6.45) is -0.529. The minimum absolute atomic E-state index is 0.135. The number of carbonyl (C=O) groups excluding carboxylic acids is 1. The van der Waals surface area contributed by atoms with Gasteiger partial charge in [-0.1, -0.05) is 0 Å². The van der Waals surface area contributed by atoms with Crippen LogP contribution in [0.15, 0.2) is 4.42 Å². The lowest BCUT2D eigenvalue weighted by molar-refractivity contribution is 0.0518. The van der Waals surface area contributed by atoms with Gasteiger partial charge in [-0.15, -0.1) is 0 Å². The van der Waals surface area contributed by atoms with Gasteiger partial charge in [-0.05, 0) is 27.7 Å². The molecule has 0 aliphatic carbocycles. The molecular formula is C11H18N2O4. The molecule has 1 amide bonds. The van der Waals surface area contributed by atoms with Crippen molar-refractivity contribution in [3.8, 4) is 0 Å². The predicted octanol–water partition coefficient (Wildman–Crippen LogP) is 1.50.